The quantitative estimate of drug-likeness (QED) is 0.712. The minimum atomic E-state index is -0.367. The second-order valence-electron chi connectivity index (χ2n) is 4.95. The molecule has 1 aromatic heterocycles. The third-order valence-electron chi connectivity index (χ3n) is 3.15. The fraction of sp³-hybridized carbons (Fsp3) is 0.312. The number of unbranched alkanes of at least 4 members (excludes halogenated alkanes) is 2. The summed E-state index contributed by atoms with van der Waals surface area (Å²) in [6.07, 6.45) is 4.86. The predicted octanol–water partition coefficient (Wildman–Crippen LogP) is 4.64. The molecule has 0 aliphatic rings. The van der Waals surface area contributed by atoms with Gasteiger partial charge in [0.15, 0.2) is 0 Å². The third-order valence-corrected chi connectivity index (χ3v) is 3.97. The number of anilines is 2. The van der Waals surface area contributed by atoms with Gasteiger partial charge >= 0.3 is 0 Å². The average molecular weight is 353 g/mol. The van der Waals surface area contributed by atoms with E-state index in [9.17, 15) is 4.79 Å². The summed E-state index contributed by atoms with van der Waals surface area (Å²) < 4.78 is 0. The largest absolute Gasteiger partial charge is 0.354 e. The second kappa shape index (κ2) is 8.70. The number of nitrogens with zero attached hydrogens (tertiary/aromatic N) is 2. The Morgan fingerprint density at radius 2 is 2.04 bits per heavy atom. The predicted molar refractivity (Wildman–Crippen MR) is 94.5 cm³/mol. The van der Waals surface area contributed by atoms with Gasteiger partial charge in [-0.2, -0.15) is 0 Å². The molecular weight excluding hydrogens is 335 g/mol. The molecular formula is C16H18Cl2N4O. The lowest BCUT2D eigenvalue weighted by molar-refractivity contribution is 0.102. The van der Waals surface area contributed by atoms with Crippen LogP contribution >= 0.6 is 23.2 Å². The van der Waals surface area contributed by atoms with Crippen LogP contribution in [0.4, 0.5) is 11.6 Å². The van der Waals surface area contributed by atoms with Gasteiger partial charge in [-0.15, -0.1) is 0 Å². The Kier molecular flexibility index (Phi) is 6.62. The smallest absolute Gasteiger partial charge is 0.274 e. The number of hydrogen-bond acceptors (Lipinski definition) is 4. The first-order valence-electron chi connectivity index (χ1n) is 7.44. The molecule has 2 aromatic rings. The van der Waals surface area contributed by atoms with Gasteiger partial charge in [0.2, 0.25) is 5.95 Å². The first-order valence-corrected chi connectivity index (χ1v) is 8.19. The molecule has 2 rings (SSSR count). The minimum Gasteiger partial charge on any atom is -0.354 e. The number of nitrogens with one attached hydrogen (secondary N) is 2. The van der Waals surface area contributed by atoms with E-state index < -0.39 is 0 Å². The van der Waals surface area contributed by atoms with Crippen LogP contribution in [0.1, 0.15) is 36.7 Å². The molecule has 23 heavy (non-hydrogen) atoms. The van der Waals surface area contributed by atoms with Gasteiger partial charge in [-0.1, -0.05) is 49.0 Å². The highest BCUT2D eigenvalue weighted by Gasteiger charge is 2.12. The lowest BCUT2D eigenvalue weighted by Gasteiger charge is -2.09. The number of amides is 1. The van der Waals surface area contributed by atoms with Crippen molar-refractivity contribution >= 4 is 40.7 Å². The van der Waals surface area contributed by atoms with Crippen molar-refractivity contribution in [1.82, 2.24) is 9.97 Å². The number of carbonyl (C=O) groups is 1. The van der Waals surface area contributed by atoms with E-state index in [2.05, 4.69) is 27.5 Å². The normalized spacial score (nSPS) is 10.4. The minimum absolute atomic E-state index is 0.258. The number of halogens is 2. The third kappa shape index (κ3) is 5.08. The number of benzene rings is 1. The Hall–Kier alpha value is -1.85. The van der Waals surface area contributed by atoms with Crippen molar-refractivity contribution in [2.75, 3.05) is 17.2 Å². The van der Waals surface area contributed by atoms with Crippen molar-refractivity contribution in [3.05, 3.63) is 46.2 Å². The Labute approximate surface area is 145 Å². The highest BCUT2D eigenvalue weighted by molar-refractivity contribution is 6.44. The van der Waals surface area contributed by atoms with Crippen LogP contribution in [0.15, 0.2) is 30.5 Å². The first-order chi connectivity index (χ1) is 11.1. The fourth-order valence-electron chi connectivity index (χ4n) is 1.93. The van der Waals surface area contributed by atoms with Crippen molar-refractivity contribution in [2.45, 2.75) is 26.2 Å². The van der Waals surface area contributed by atoms with Crippen LogP contribution in [0.5, 0.6) is 0 Å². The monoisotopic (exact) mass is 352 g/mol. The molecule has 1 heterocycles. The fourth-order valence-corrected chi connectivity index (χ4v) is 2.28. The lowest BCUT2D eigenvalue weighted by atomic mass is 10.2. The molecule has 0 atom stereocenters. The summed E-state index contributed by atoms with van der Waals surface area (Å²) in [7, 11) is 0. The van der Waals surface area contributed by atoms with E-state index in [-0.39, 0.29) is 11.6 Å². The maximum absolute atomic E-state index is 12.3. The molecule has 0 unspecified atom stereocenters. The summed E-state index contributed by atoms with van der Waals surface area (Å²) in [6.45, 7) is 2.92. The number of carbonyl (C=O) groups excluding carboxylic acids is 1. The molecule has 0 spiro atoms. The van der Waals surface area contributed by atoms with Crippen LogP contribution in [0.25, 0.3) is 0 Å². The van der Waals surface area contributed by atoms with Gasteiger partial charge in [0.1, 0.15) is 5.69 Å². The second-order valence-corrected chi connectivity index (χ2v) is 5.74. The van der Waals surface area contributed by atoms with Crippen molar-refractivity contribution in [1.29, 1.82) is 0 Å². The molecule has 0 bridgehead atoms. The van der Waals surface area contributed by atoms with Gasteiger partial charge in [0.25, 0.3) is 5.91 Å². The molecule has 7 heteroatoms. The van der Waals surface area contributed by atoms with Crippen LogP contribution in [-0.4, -0.2) is 22.4 Å². The number of hydrogen-bond donors (Lipinski definition) is 2. The Morgan fingerprint density at radius 3 is 2.83 bits per heavy atom. The highest BCUT2D eigenvalue weighted by Crippen LogP contribution is 2.29. The van der Waals surface area contributed by atoms with E-state index in [0.717, 1.165) is 25.8 Å². The SMILES string of the molecule is CCCCCNc1nccc(C(=O)Nc2cccc(Cl)c2Cl)n1. The maximum atomic E-state index is 12.3. The van der Waals surface area contributed by atoms with Crippen molar-refractivity contribution in [2.24, 2.45) is 0 Å². The van der Waals surface area contributed by atoms with Crippen molar-refractivity contribution < 1.29 is 4.79 Å². The molecule has 1 aromatic carbocycles. The van der Waals surface area contributed by atoms with E-state index >= 15 is 0 Å². The van der Waals surface area contributed by atoms with Gasteiger partial charge in [-0.05, 0) is 24.6 Å². The molecule has 122 valence electrons. The molecule has 0 saturated carbocycles. The van der Waals surface area contributed by atoms with Gasteiger partial charge in [0.05, 0.1) is 15.7 Å². The number of rotatable bonds is 7. The van der Waals surface area contributed by atoms with Crippen LogP contribution in [-0.2, 0) is 0 Å². The van der Waals surface area contributed by atoms with Crippen molar-refractivity contribution in [3.8, 4) is 0 Å². The zero-order valence-electron chi connectivity index (χ0n) is 12.8. The van der Waals surface area contributed by atoms with Gasteiger partial charge in [-0.25, -0.2) is 9.97 Å². The van der Waals surface area contributed by atoms with Gasteiger partial charge in [0, 0.05) is 12.7 Å². The summed E-state index contributed by atoms with van der Waals surface area (Å²) >= 11 is 12.0. The summed E-state index contributed by atoms with van der Waals surface area (Å²) in [5.74, 6) is 0.0686. The summed E-state index contributed by atoms with van der Waals surface area (Å²) in [5, 5.41) is 6.49. The van der Waals surface area contributed by atoms with Crippen molar-refractivity contribution in [3.63, 3.8) is 0 Å². The van der Waals surface area contributed by atoms with Gasteiger partial charge < -0.3 is 10.6 Å². The van der Waals surface area contributed by atoms with E-state index in [1.165, 1.54) is 0 Å². The standard InChI is InChI=1S/C16H18Cl2N4O/c1-2-3-4-9-19-16-20-10-8-13(22-16)15(23)21-12-7-5-6-11(17)14(12)18/h5-8,10H,2-4,9H2,1H3,(H,21,23)(H,19,20,22). The van der Waals surface area contributed by atoms with Gasteiger partial charge in [-0.3, -0.25) is 4.79 Å². The number of aromatic nitrogens is 2. The van der Waals surface area contributed by atoms with Crippen LogP contribution in [0.3, 0.4) is 0 Å². The summed E-state index contributed by atoms with van der Waals surface area (Å²) in [5.41, 5.74) is 0.703. The lowest BCUT2D eigenvalue weighted by Crippen LogP contribution is -2.16. The zero-order chi connectivity index (χ0) is 16.7. The average Bonchev–Trinajstić information content (AvgIpc) is 2.56. The Balaban J connectivity index is 2.03. The summed E-state index contributed by atoms with van der Waals surface area (Å²) in [4.78, 5) is 20.6. The van der Waals surface area contributed by atoms with E-state index in [0.29, 0.717) is 21.7 Å². The molecule has 0 radical (unpaired) electrons. The van der Waals surface area contributed by atoms with E-state index in [4.69, 9.17) is 23.2 Å². The van der Waals surface area contributed by atoms with Crippen LogP contribution < -0.4 is 10.6 Å². The molecule has 0 aliphatic carbocycles. The Morgan fingerprint density at radius 1 is 1.22 bits per heavy atom. The maximum Gasteiger partial charge on any atom is 0.274 e. The molecule has 5 nitrogen and oxygen atoms in total. The summed E-state index contributed by atoms with van der Waals surface area (Å²) in [6, 6.07) is 6.59. The molecule has 0 aliphatic heterocycles. The highest BCUT2D eigenvalue weighted by atomic mass is 35.5. The zero-order valence-corrected chi connectivity index (χ0v) is 14.3. The molecule has 0 saturated heterocycles. The van der Waals surface area contributed by atoms with Crippen LogP contribution in [0.2, 0.25) is 10.0 Å². The topological polar surface area (TPSA) is 66.9 Å². The molecule has 1 amide bonds. The first kappa shape index (κ1) is 17.5. The van der Waals surface area contributed by atoms with Crippen LogP contribution in [0, 0.1) is 0 Å². The Bertz CT molecular complexity index is 679. The van der Waals surface area contributed by atoms with E-state index in [1.807, 2.05) is 0 Å². The molecule has 2 N–H and O–H groups in total. The molecule has 0 fully saturated rings. The van der Waals surface area contributed by atoms with E-state index in [1.54, 1.807) is 30.5 Å².